The number of hydrogen-bond acceptors (Lipinski definition) is 5. The van der Waals surface area contributed by atoms with Gasteiger partial charge in [0.05, 0.1) is 11.3 Å². The summed E-state index contributed by atoms with van der Waals surface area (Å²) in [5.41, 5.74) is 1.71. The third-order valence-corrected chi connectivity index (χ3v) is 4.07. The maximum absolute atomic E-state index is 13.1. The second kappa shape index (κ2) is 8.35. The zero-order valence-electron chi connectivity index (χ0n) is 15.2. The number of carbonyl (C=O) groups excluding carboxylic acids is 1. The molecule has 0 radical (unpaired) electrons. The SMILES string of the molecule is O=C(COc1ccccc1)Nc1ccccc1-c1nc(-c2ccc(F)cc2)no1. The van der Waals surface area contributed by atoms with Gasteiger partial charge in [-0.1, -0.05) is 35.5 Å². The Morgan fingerprint density at radius 3 is 2.48 bits per heavy atom. The van der Waals surface area contributed by atoms with Crippen LogP contribution in [0.1, 0.15) is 0 Å². The number of amides is 1. The normalized spacial score (nSPS) is 10.5. The van der Waals surface area contributed by atoms with Crippen molar-refractivity contribution in [3.05, 3.63) is 84.7 Å². The molecule has 4 aromatic rings. The number of para-hydroxylation sites is 2. The molecule has 6 nitrogen and oxygen atoms in total. The predicted molar refractivity (Wildman–Crippen MR) is 106 cm³/mol. The zero-order chi connectivity index (χ0) is 20.1. The van der Waals surface area contributed by atoms with Crippen molar-refractivity contribution in [2.45, 2.75) is 0 Å². The fraction of sp³-hybridized carbons (Fsp3) is 0.0455. The van der Waals surface area contributed by atoms with Crippen LogP contribution < -0.4 is 10.1 Å². The van der Waals surface area contributed by atoms with Gasteiger partial charge in [-0.25, -0.2) is 4.39 Å². The van der Waals surface area contributed by atoms with Crippen LogP contribution in [0.4, 0.5) is 10.1 Å². The van der Waals surface area contributed by atoms with Gasteiger partial charge in [0.15, 0.2) is 6.61 Å². The first-order valence-electron chi connectivity index (χ1n) is 8.86. The number of halogens is 1. The molecule has 0 atom stereocenters. The van der Waals surface area contributed by atoms with Gasteiger partial charge in [-0.2, -0.15) is 4.98 Å². The van der Waals surface area contributed by atoms with Crippen LogP contribution in [0.15, 0.2) is 83.4 Å². The minimum atomic E-state index is -0.344. The Morgan fingerprint density at radius 2 is 1.69 bits per heavy atom. The van der Waals surface area contributed by atoms with Crippen molar-refractivity contribution in [2.24, 2.45) is 0 Å². The number of rotatable bonds is 6. The number of nitrogens with zero attached hydrogens (tertiary/aromatic N) is 2. The summed E-state index contributed by atoms with van der Waals surface area (Å²) in [6.07, 6.45) is 0. The molecular weight excluding hydrogens is 373 g/mol. The number of hydrogen-bond donors (Lipinski definition) is 1. The summed E-state index contributed by atoms with van der Waals surface area (Å²) in [5, 5.41) is 6.74. The highest BCUT2D eigenvalue weighted by Gasteiger charge is 2.15. The van der Waals surface area contributed by atoms with Gasteiger partial charge in [0, 0.05) is 5.56 Å². The van der Waals surface area contributed by atoms with E-state index in [2.05, 4.69) is 15.5 Å². The van der Waals surface area contributed by atoms with E-state index in [1.165, 1.54) is 12.1 Å². The molecule has 0 saturated heterocycles. The lowest BCUT2D eigenvalue weighted by Crippen LogP contribution is -2.20. The number of nitrogens with one attached hydrogen (secondary N) is 1. The summed E-state index contributed by atoms with van der Waals surface area (Å²) in [6.45, 7) is -0.136. The van der Waals surface area contributed by atoms with E-state index in [4.69, 9.17) is 9.26 Å². The van der Waals surface area contributed by atoms with Gasteiger partial charge in [0.25, 0.3) is 11.8 Å². The smallest absolute Gasteiger partial charge is 0.262 e. The molecule has 29 heavy (non-hydrogen) atoms. The van der Waals surface area contributed by atoms with Crippen molar-refractivity contribution in [3.8, 4) is 28.6 Å². The number of ether oxygens (including phenoxy) is 1. The minimum Gasteiger partial charge on any atom is -0.484 e. The van der Waals surface area contributed by atoms with Gasteiger partial charge in [-0.15, -0.1) is 0 Å². The molecule has 0 spiro atoms. The molecule has 3 aromatic carbocycles. The molecular formula is C22H16FN3O3. The average Bonchev–Trinajstić information content (AvgIpc) is 3.24. The van der Waals surface area contributed by atoms with E-state index in [-0.39, 0.29) is 24.2 Å². The Morgan fingerprint density at radius 1 is 0.966 bits per heavy atom. The van der Waals surface area contributed by atoms with Gasteiger partial charge in [-0.05, 0) is 48.5 Å². The van der Waals surface area contributed by atoms with Gasteiger partial charge in [0.1, 0.15) is 11.6 Å². The molecule has 1 amide bonds. The Labute approximate surface area is 166 Å². The topological polar surface area (TPSA) is 77.2 Å². The minimum absolute atomic E-state index is 0.136. The fourth-order valence-corrected chi connectivity index (χ4v) is 2.68. The standard InChI is InChI=1S/C22H16FN3O3/c23-16-12-10-15(11-13-16)21-25-22(29-26-21)18-8-4-5-9-19(18)24-20(27)14-28-17-6-2-1-3-7-17/h1-13H,14H2,(H,24,27). The average molecular weight is 389 g/mol. The quantitative estimate of drug-likeness (QED) is 0.523. The van der Waals surface area contributed by atoms with Gasteiger partial charge < -0.3 is 14.6 Å². The third-order valence-electron chi connectivity index (χ3n) is 4.07. The van der Waals surface area contributed by atoms with Crippen molar-refractivity contribution in [2.75, 3.05) is 11.9 Å². The summed E-state index contributed by atoms with van der Waals surface area (Å²) in [6, 6.07) is 21.9. The molecule has 1 N–H and O–H groups in total. The summed E-state index contributed by atoms with van der Waals surface area (Å²) in [5.74, 6) is 0.511. The fourth-order valence-electron chi connectivity index (χ4n) is 2.68. The van der Waals surface area contributed by atoms with Gasteiger partial charge >= 0.3 is 0 Å². The van der Waals surface area contributed by atoms with Crippen LogP contribution in [-0.4, -0.2) is 22.7 Å². The Kier molecular flexibility index (Phi) is 5.29. The Balaban J connectivity index is 1.50. The highest BCUT2D eigenvalue weighted by atomic mass is 19.1. The predicted octanol–water partition coefficient (Wildman–Crippen LogP) is 4.56. The van der Waals surface area contributed by atoms with E-state index in [1.807, 2.05) is 18.2 Å². The molecule has 0 aliphatic rings. The van der Waals surface area contributed by atoms with Gasteiger partial charge in [0.2, 0.25) is 5.82 Å². The van der Waals surface area contributed by atoms with E-state index in [1.54, 1.807) is 48.5 Å². The first-order chi connectivity index (χ1) is 14.2. The van der Waals surface area contributed by atoms with Crippen molar-refractivity contribution < 1.29 is 18.4 Å². The highest BCUT2D eigenvalue weighted by Crippen LogP contribution is 2.28. The summed E-state index contributed by atoms with van der Waals surface area (Å²) < 4.78 is 23.9. The van der Waals surface area contributed by atoms with Crippen LogP contribution in [0.2, 0.25) is 0 Å². The van der Waals surface area contributed by atoms with Crippen LogP contribution in [-0.2, 0) is 4.79 Å². The number of aromatic nitrogens is 2. The monoisotopic (exact) mass is 389 g/mol. The van der Waals surface area contributed by atoms with Crippen molar-refractivity contribution >= 4 is 11.6 Å². The molecule has 0 fully saturated rings. The van der Waals surface area contributed by atoms with Crippen LogP contribution in [0, 0.1) is 5.82 Å². The van der Waals surface area contributed by atoms with Crippen molar-refractivity contribution in [3.63, 3.8) is 0 Å². The second-order valence-corrected chi connectivity index (χ2v) is 6.13. The molecule has 0 unspecified atom stereocenters. The number of anilines is 1. The molecule has 4 rings (SSSR count). The maximum atomic E-state index is 13.1. The van der Waals surface area contributed by atoms with E-state index in [9.17, 15) is 9.18 Å². The van der Waals surface area contributed by atoms with Crippen LogP contribution in [0.25, 0.3) is 22.8 Å². The molecule has 1 heterocycles. The highest BCUT2D eigenvalue weighted by molar-refractivity contribution is 5.95. The van der Waals surface area contributed by atoms with Crippen molar-refractivity contribution in [1.29, 1.82) is 0 Å². The van der Waals surface area contributed by atoms with Crippen LogP contribution in [0.3, 0.4) is 0 Å². The molecule has 0 saturated carbocycles. The largest absolute Gasteiger partial charge is 0.484 e. The Bertz CT molecular complexity index is 1110. The summed E-state index contributed by atoms with van der Waals surface area (Å²) in [4.78, 5) is 16.6. The molecule has 0 aliphatic heterocycles. The summed E-state index contributed by atoms with van der Waals surface area (Å²) >= 11 is 0. The molecule has 1 aromatic heterocycles. The van der Waals surface area contributed by atoms with E-state index in [0.717, 1.165) is 0 Å². The number of carbonyl (C=O) groups is 1. The van der Waals surface area contributed by atoms with E-state index >= 15 is 0 Å². The first kappa shape index (κ1) is 18.4. The Hall–Kier alpha value is -4.00. The van der Waals surface area contributed by atoms with Crippen LogP contribution >= 0.6 is 0 Å². The van der Waals surface area contributed by atoms with E-state index in [0.29, 0.717) is 28.4 Å². The number of benzene rings is 3. The molecule has 0 bridgehead atoms. The molecule has 0 aliphatic carbocycles. The third kappa shape index (κ3) is 4.47. The van der Waals surface area contributed by atoms with Crippen molar-refractivity contribution in [1.82, 2.24) is 10.1 Å². The molecule has 7 heteroatoms. The van der Waals surface area contributed by atoms with Gasteiger partial charge in [-0.3, -0.25) is 4.79 Å². The van der Waals surface area contributed by atoms with E-state index < -0.39 is 0 Å². The zero-order valence-corrected chi connectivity index (χ0v) is 15.2. The lowest BCUT2D eigenvalue weighted by Gasteiger charge is -2.09. The first-order valence-corrected chi connectivity index (χ1v) is 8.86. The second-order valence-electron chi connectivity index (χ2n) is 6.13. The summed E-state index contributed by atoms with van der Waals surface area (Å²) in [7, 11) is 0. The maximum Gasteiger partial charge on any atom is 0.262 e. The lowest BCUT2D eigenvalue weighted by atomic mass is 10.1. The molecule has 144 valence electrons. The lowest BCUT2D eigenvalue weighted by molar-refractivity contribution is -0.118. The van der Waals surface area contributed by atoms with Crippen LogP contribution in [0.5, 0.6) is 5.75 Å².